The highest BCUT2D eigenvalue weighted by Crippen LogP contribution is 2.20. The van der Waals surface area contributed by atoms with Crippen LogP contribution in [0.4, 0.5) is 0 Å². The van der Waals surface area contributed by atoms with Crippen LogP contribution in [0.25, 0.3) is 0 Å². The summed E-state index contributed by atoms with van der Waals surface area (Å²) in [5.74, 6) is -0.614. The van der Waals surface area contributed by atoms with E-state index in [-0.39, 0.29) is 5.57 Å². The van der Waals surface area contributed by atoms with E-state index in [1.807, 2.05) is 0 Å². The van der Waals surface area contributed by atoms with Gasteiger partial charge in [0.2, 0.25) is 0 Å². The molecule has 1 N–H and O–H groups in total. The quantitative estimate of drug-likeness (QED) is 0.588. The van der Waals surface area contributed by atoms with Gasteiger partial charge in [-0.3, -0.25) is 0 Å². The molecule has 1 aromatic rings. The van der Waals surface area contributed by atoms with Crippen molar-refractivity contribution in [1.82, 2.24) is 10.2 Å². The van der Waals surface area contributed by atoms with E-state index < -0.39 is 5.97 Å². The normalized spacial score (nSPS) is 9.67. The summed E-state index contributed by atoms with van der Waals surface area (Å²) < 4.78 is 0.761. The summed E-state index contributed by atoms with van der Waals surface area (Å²) in [5.41, 5.74) is 1.78. The van der Waals surface area contributed by atoms with Crippen molar-refractivity contribution in [2.45, 2.75) is 4.34 Å². The summed E-state index contributed by atoms with van der Waals surface area (Å²) in [5, 5.41) is 15.8. The van der Waals surface area contributed by atoms with Gasteiger partial charge in [-0.05, 0) is 0 Å². The number of carboxylic acid groups (broad SMARTS) is 1. The largest absolute Gasteiger partial charge is 0.478 e. The highest BCUT2D eigenvalue weighted by atomic mass is 32.2. The Morgan fingerprint density at radius 3 is 3.08 bits per heavy atom. The predicted molar refractivity (Wildman–Crippen MR) is 47.4 cm³/mol. The molecule has 4 nitrogen and oxygen atoms in total. The Hall–Kier alpha value is -0.880. The van der Waals surface area contributed by atoms with Crippen LogP contribution in [0.1, 0.15) is 0 Å². The zero-order chi connectivity index (χ0) is 8.97. The van der Waals surface area contributed by atoms with E-state index >= 15 is 0 Å². The number of carbonyl (C=O) groups is 1. The maximum absolute atomic E-state index is 10.3. The molecule has 0 aliphatic heterocycles. The van der Waals surface area contributed by atoms with Crippen molar-refractivity contribution in [2.75, 3.05) is 5.75 Å². The van der Waals surface area contributed by atoms with Crippen molar-refractivity contribution in [3.05, 3.63) is 17.7 Å². The van der Waals surface area contributed by atoms with Gasteiger partial charge in [0.25, 0.3) is 0 Å². The highest BCUT2D eigenvalue weighted by Gasteiger charge is 2.05. The second-order valence-electron chi connectivity index (χ2n) is 1.90. The maximum Gasteiger partial charge on any atom is 0.331 e. The summed E-state index contributed by atoms with van der Waals surface area (Å²) in [7, 11) is 0. The molecule has 1 heterocycles. The first-order chi connectivity index (χ1) is 5.70. The molecule has 0 amide bonds. The molecule has 12 heavy (non-hydrogen) atoms. The second-order valence-corrected chi connectivity index (χ2v) is 3.96. The van der Waals surface area contributed by atoms with Gasteiger partial charge in [-0.2, -0.15) is 0 Å². The van der Waals surface area contributed by atoms with E-state index in [1.54, 1.807) is 5.51 Å². The standard InChI is InChI=1S/C6H6N2O2S2/c1-4(5(9)10)2-11-6-8-7-3-12-6/h3H,1-2H2,(H,9,10). The lowest BCUT2D eigenvalue weighted by Gasteiger charge is -1.95. The zero-order valence-electron chi connectivity index (χ0n) is 6.06. The molecular formula is C6H6N2O2S2. The monoisotopic (exact) mass is 202 g/mol. The molecule has 0 radical (unpaired) electrons. The summed E-state index contributed by atoms with van der Waals surface area (Å²) in [6.07, 6.45) is 0. The van der Waals surface area contributed by atoms with Crippen LogP contribution in [0.2, 0.25) is 0 Å². The third-order valence-corrected chi connectivity index (χ3v) is 2.96. The molecule has 1 aromatic heterocycles. The Labute approximate surface area is 77.3 Å². The van der Waals surface area contributed by atoms with E-state index in [9.17, 15) is 4.79 Å². The zero-order valence-corrected chi connectivity index (χ0v) is 7.69. The van der Waals surface area contributed by atoms with Crippen LogP contribution in [-0.2, 0) is 4.79 Å². The Morgan fingerprint density at radius 2 is 2.58 bits per heavy atom. The molecule has 0 unspecified atom stereocenters. The average Bonchev–Trinajstić information content (AvgIpc) is 2.51. The molecule has 0 saturated carbocycles. The number of aliphatic carboxylic acids is 1. The predicted octanol–water partition coefficient (Wildman–Crippen LogP) is 1.27. The molecule has 0 aliphatic rings. The maximum atomic E-state index is 10.3. The van der Waals surface area contributed by atoms with Gasteiger partial charge in [0.1, 0.15) is 5.51 Å². The van der Waals surface area contributed by atoms with E-state index in [1.165, 1.54) is 23.1 Å². The van der Waals surface area contributed by atoms with Gasteiger partial charge < -0.3 is 5.11 Å². The number of carboxylic acids is 1. The minimum atomic E-state index is -0.966. The van der Waals surface area contributed by atoms with Gasteiger partial charge in [0.15, 0.2) is 4.34 Å². The fourth-order valence-electron chi connectivity index (χ4n) is 0.436. The second kappa shape index (κ2) is 4.22. The van der Waals surface area contributed by atoms with Crippen molar-refractivity contribution in [3.8, 4) is 0 Å². The van der Waals surface area contributed by atoms with E-state index in [4.69, 9.17) is 5.11 Å². The van der Waals surface area contributed by atoms with Crippen LogP contribution in [0.3, 0.4) is 0 Å². The molecule has 0 aromatic carbocycles. The van der Waals surface area contributed by atoms with Gasteiger partial charge in [0.05, 0.1) is 0 Å². The number of hydrogen-bond donors (Lipinski definition) is 1. The number of hydrogen-bond acceptors (Lipinski definition) is 5. The molecule has 0 aliphatic carbocycles. The number of rotatable bonds is 4. The van der Waals surface area contributed by atoms with Crippen molar-refractivity contribution in [3.63, 3.8) is 0 Å². The molecule has 64 valence electrons. The fraction of sp³-hybridized carbons (Fsp3) is 0.167. The van der Waals surface area contributed by atoms with Crippen molar-refractivity contribution >= 4 is 29.1 Å². The lowest BCUT2D eigenvalue weighted by Crippen LogP contribution is -2.00. The van der Waals surface area contributed by atoms with Crippen LogP contribution in [0.5, 0.6) is 0 Å². The van der Waals surface area contributed by atoms with Crippen molar-refractivity contribution in [1.29, 1.82) is 0 Å². The lowest BCUT2D eigenvalue weighted by molar-refractivity contribution is -0.132. The molecular weight excluding hydrogens is 196 g/mol. The first-order valence-electron chi connectivity index (χ1n) is 3.00. The van der Waals surface area contributed by atoms with Gasteiger partial charge in [-0.15, -0.1) is 10.2 Å². The Bertz CT molecular complexity index is 284. The smallest absolute Gasteiger partial charge is 0.331 e. The average molecular weight is 202 g/mol. The third-order valence-electron chi connectivity index (χ3n) is 1.01. The van der Waals surface area contributed by atoms with E-state index in [2.05, 4.69) is 16.8 Å². The molecule has 1 rings (SSSR count). The topological polar surface area (TPSA) is 63.1 Å². The van der Waals surface area contributed by atoms with Gasteiger partial charge in [-0.1, -0.05) is 29.7 Å². The van der Waals surface area contributed by atoms with E-state index in [0.717, 1.165) is 4.34 Å². The van der Waals surface area contributed by atoms with Crippen LogP contribution in [-0.4, -0.2) is 27.0 Å². The Balaban J connectivity index is 2.37. The van der Waals surface area contributed by atoms with Gasteiger partial charge in [-0.25, -0.2) is 4.79 Å². The summed E-state index contributed by atoms with van der Waals surface area (Å²) >= 11 is 2.71. The van der Waals surface area contributed by atoms with Gasteiger partial charge in [0, 0.05) is 11.3 Å². The Morgan fingerprint density at radius 1 is 1.83 bits per heavy atom. The first-order valence-corrected chi connectivity index (χ1v) is 4.86. The summed E-state index contributed by atoms with van der Waals surface area (Å²) in [6, 6.07) is 0. The third kappa shape index (κ3) is 2.63. The fourth-order valence-corrected chi connectivity index (χ4v) is 1.82. The number of thioether (sulfide) groups is 1. The summed E-state index contributed by atoms with van der Waals surface area (Å²) in [4.78, 5) is 10.3. The SMILES string of the molecule is C=C(CSc1nncs1)C(=O)O. The lowest BCUT2D eigenvalue weighted by atomic mass is 10.4. The minimum absolute atomic E-state index is 0.176. The van der Waals surface area contributed by atoms with Crippen LogP contribution in [0.15, 0.2) is 22.0 Å². The molecule has 0 saturated heterocycles. The first kappa shape index (κ1) is 9.21. The van der Waals surface area contributed by atoms with Crippen LogP contribution in [0, 0.1) is 0 Å². The number of aromatic nitrogens is 2. The Kier molecular flexibility index (Phi) is 3.24. The van der Waals surface area contributed by atoms with Gasteiger partial charge >= 0.3 is 5.97 Å². The molecule has 0 atom stereocenters. The molecule has 0 bridgehead atoms. The minimum Gasteiger partial charge on any atom is -0.478 e. The number of nitrogens with zero attached hydrogens (tertiary/aromatic N) is 2. The highest BCUT2D eigenvalue weighted by molar-refractivity contribution is 8.01. The van der Waals surface area contributed by atoms with Crippen LogP contribution >= 0.6 is 23.1 Å². The molecule has 0 fully saturated rings. The van der Waals surface area contributed by atoms with Crippen molar-refractivity contribution < 1.29 is 9.90 Å². The molecule has 6 heteroatoms. The molecule has 0 spiro atoms. The van der Waals surface area contributed by atoms with E-state index in [0.29, 0.717) is 5.75 Å². The summed E-state index contributed by atoms with van der Waals surface area (Å²) in [6.45, 7) is 3.39. The van der Waals surface area contributed by atoms with Crippen LogP contribution < -0.4 is 0 Å². The van der Waals surface area contributed by atoms with Crippen molar-refractivity contribution in [2.24, 2.45) is 0 Å².